The van der Waals surface area contributed by atoms with Gasteiger partial charge in [0.05, 0.1) is 28.7 Å². The van der Waals surface area contributed by atoms with E-state index in [1.54, 1.807) is 30.3 Å². The Bertz CT molecular complexity index is 1050. The number of aliphatic imine (C=N–C) groups is 1. The van der Waals surface area contributed by atoms with Crippen molar-refractivity contribution in [3.05, 3.63) is 62.5 Å². The Kier molecular flexibility index (Phi) is 6.52. The SMILES string of the molecule is CCN1C(=O)/C(=C/c2cc(Cl)cc(Cl)c2OC)SC1=Nc1cccc(C(=O)[O-])c1. The Morgan fingerprint density at radius 3 is 2.72 bits per heavy atom. The van der Waals surface area contributed by atoms with Gasteiger partial charge < -0.3 is 14.6 Å². The molecular weight excluding hydrogens is 435 g/mol. The molecule has 2 aromatic rings. The fourth-order valence-electron chi connectivity index (χ4n) is 2.73. The summed E-state index contributed by atoms with van der Waals surface area (Å²) in [5, 5.41) is 12.2. The average molecular weight is 450 g/mol. The van der Waals surface area contributed by atoms with Crippen LogP contribution in [0.15, 0.2) is 46.3 Å². The van der Waals surface area contributed by atoms with Crippen LogP contribution in [0.25, 0.3) is 6.08 Å². The molecule has 3 rings (SSSR count). The van der Waals surface area contributed by atoms with Gasteiger partial charge in [0, 0.05) is 17.1 Å². The molecule has 6 nitrogen and oxygen atoms in total. The molecule has 0 saturated carbocycles. The summed E-state index contributed by atoms with van der Waals surface area (Å²) in [4.78, 5) is 30.3. The summed E-state index contributed by atoms with van der Waals surface area (Å²) in [5.74, 6) is -1.11. The molecule has 29 heavy (non-hydrogen) atoms. The number of amidine groups is 1. The van der Waals surface area contributed by atoms with Crippen LogP contribution in [0.3, 0.4) is 0 Å². The fraction of sp³-hybridized carbons (Fsp3) is 0.150. The van der Waals surface area contributed by atoms with Crippen LogP contribution in [0.1, 0.15) is 22.8 Å². The van der Waals surface area contributed by atoms with Gasteiger partial charge in [0.2, 0.25) is 0 Å². The van der Waals surface area contributed by atoms with Gasteiger partial charge in [0.15, 0.2) is 5.17 Å². The summed E-state index contributed by atoms with van der Waals surface area (Å²) in [6.07, 6.45) is 1.65. The molecular formula is C20H15Cl2N2O4S-. The number of amides is 1. The summed E-state index contributed by atoms with van der Waals surface area (Å²) in [7, 11) is 1.48. The van der Waals surface area contributed by atoms with E-state index in [0.717, 1.165) is 0 Å². The molecule has 0 aliphatic carbocycles. The third-order valence-electron chi connectivity index (χ3n) is 4.04. The van der Waals surface area contributed by atoms with Gasteiger partial charge >= 0.3 is 0 Å². The molecule has 0 N–H and O–H groups in total. The quantitative estimate of drug-likeness (QED) is 0.644. The average Bonchev–Trinajstić information content (AvgIpc) is 2.96. The van der Waals surface area contributed by atoms with Crippen molar-refractivity contribution in [1.82, 2.24) is 4.90 Å². The minimum Gasteiger partial charge on any atom is -0.545 e. The number of benzene rings is 2. The first-order valence-electron chi connectivity index (χ1n) is 8.48. The van der Waals surface area contributed by atoms with Crippen LogP contribution in [0.2, 0.25) is 10.0 Å². The number of rotatable bonds is 5. The number of nitrogens with zero attached hydrogens (tertiary/aromatic N) is 2. The molecule has 0 bridgehead atoms. The normalized spacial score (nSPS) is 16.7. The Morgan fingerprint density at radius 1 is 1.31 bits per heavy atom. The largest absolute Gasteiger partial charge is 0.545 e. The number of carbonyl (C=O) groups excluding carboxylic acids is 2. The minimum atomic E-state index is -1.29. The maximum atomic E-state index is 12.8. The molecule has 1 fully saturated rings. The highest BCUT2D eigenvalue weighted by molar-refractivity contribution is 8.18. The monoisotopic (exact) mass is 449 g/mol. The number of aromatic carboxylic acids is 1. The molecule has 0 spiro atoms. The van der Waals surface area contributed by atoms with Crippen LogP contribution < -0.4 is 9.84 Å². The number of thioether (sulfide) groups is 1. The number of hydrogen-bond acceptors (Lipinski definition) is 6. The molecule has 1 aliphatic rings. The highest BCUT2D eigenvalue weighted by Crippen LogP contribution is 2.38. The lowest BCUT2D eigenvalue weighted by Gasteiger charge is -2.12. The third kappa shape index (κ3) is 4.58. The van der Waals surface area contributed by atoms with E-state index in [1.165, 1.54) is 35.9 Å². The van der Waals surface area contributed by atoms with Crippen molar-refractivity contribution in [2.75, 3.05) is 13.7 Å². The van der Waals surface area contributed by atoms with Crippen LogP contribution in [-0.2, 0) is 4.79 Å². The lowest BCUT2D eigenvalue weighted by atomic mass is 10.2. The van der Waals surface area contributed by atoms with E-state index in [1.807, 2.05) is 6.92 Å². The van der Waals surface area contributed by atoms with Crippen LogP contribution in [0.4, 0.5) is 5.69 Å². The summed E-state index contributed by atoms with van der Waals surface area (Å²) < 4.78 is 5.33. The van der Waals surface area contributed by atoms with Gasteiger partial charge in [0.25, 0.3) is 5.91 Å². The summed E-state index contributed by atoms with van der Waals surface area (Å²) >= 11 is 13.4. The topological polar surface area (TPSA) is 82.0 Å². The molecule has 1 heterocycles. The maximum absolute atomic E-state index is 12.8. The first-order chi connectivity index (χ1) is 13.8. The maximum Gasteiger partial charge on any atom is 0.266 e. The fourth-order valence-corrected chi connectivity index (χ4v) is 4.37. The van der Waals surface area contributed by atoms with Gasteiger partial charge in [-0.15, -0.1) is 0 Å². The molecule has 2 aromatic carbocycles. The zero-order valence-electron chi connectivity index (χ0n) is 15.4. The number of carbonyl (C=O) groups is 2. The Hall–Kier alpha value is -2.48. The molecule has 150 valence electrons. The summed E-state index contributed by atoms with van der Waals surface area (Å²) in [5.41, 5.74) is 0.987. The van der Waals surface area contributed by atoms with Crippen molar-refractivity contribution in [2.45, 2.75) is 6.92 Å². The molecule has 1 amide bonds. The van der Waals surface area contributed by atoms with Crippen LogP contribution >= 0.6 is 35.0 Å². The van der Waals surface area contributed by atoms with E-state index >= 15 is 0 Å². The lowest BCUT2D eigenvalue weighted by molar-refractivity contribution is -0.255. The number of carboxylic acid groups (broad SMARTS) is 1. The number of likely N-dealkylation sites (N-methyl/N-ethyl adjacent to an activating group) is 1. The molecule has 0 radical (unpaired) electrons. The van der Waals surface area contributed by atoms with Gasteiger partial charge in [-0.05, 0) is 54.6 Å². The van der Waals surface area contributed by atoms with E-state index < -0.39 is 5.97 Å². The number of hydrogen-bond donors (Lipinski definition) is 0. The molecule has 1 aliphatic heterocycles. The van der Waals surface area contributed by atoms with Crippen LogP contribution in [0, 0.1) is 0 Å². The highest BCUT2D eigenvalue weighted by atomic mass is 35.5. The predicted octanol–water partition coefficient (Wildman–Crippen LogP) is 3.99. The molecule has 1 saturated heterocycles. The van der Waals surface area contributed by atoms with Gasteiger partial charge in [-0.1, -0.05) is 35.3 Å². The van der Waals surface area contributed by atoms with Crippen LogP contribution in [-0.4, -0.2) is 35.6 Å². The van der Waals surface area contributed by atoms with Gasteiger partial charge in [-0.2, -0.15) is 0 Å². The van der Waals surface area contributed by atoms with E-state index in [4.69, 9.17) is 27.9 Å². The van der Waals surface area contributed by atoms with E-state index in [-0.39, 0.29) is 11.5 Å². The van der Waals surface area contributed by atoms with Crippen molar-refractivity contribution in [3.8, 4) is 5.75 Å². The van der Waals surface area contributed by atoms with Gasteiger partial charge in [0.1, 0.15) is 5.75 Å². The number of ether oxygens (including phenoxy) is 1. The second-order valence-electron chi connectivity index (χ2n) is 5.90. The zero-order chi connectivity index (χ0) is 21.1. The number of methoxy groups -OCH3 is 1. The molecule has 0 unspecified atom stereocenters. The summed E-state index contributed by atoms with van der Waals surface area (Å²) in [6.45, 7) is 2.22. The van der Waals surface area contributed by atoms with Crippen molar-refractivity contribution in [3.63, 3.8) is 0 Å². The molecule has 9 heteroatoms. The zero-order valence-corrected chi connectivity index (χ0v) is 17.8. The van der Waals surface area contributed by atoms with E-state index in [0.29, 0.717) is 43.7 Å². The minimum absolute atomic E-state index is 0.0123. The second kappa shape index (κ2) is 8.90. The number of halogens is 2. The Labute approximate surface area is 181 Å². The second-order valence-corrected chi connectivity index (χ2v) is 7.76. The molecule has 0 aromatic heterocycles. The smallest absolute Gasteiger partial charge is 0.266 e. The van der Waals surface area contributed by atoms with Crippen molar-refractivity contribution >= 4 is 63.8 Å². The van der Waals surface area contributed by atoms with E-state index in [9.17, 15) is 14.7 Å². The van der Waals surface area contributed by atoms with Gasteiger partial charge in [-0.3, -0.25) is 9.69 Å². The standard InChI is InChI=1S/C20H16Cl2N2O4S/c1-3-24-18(25)16(9-12-7-13(21)10-15(22)17(12)28-2)29-20(24)23-14-6-4-5-11(8-14)19(26)27/h4-10H,3H2,1-2H3,(H,26,27)/p-1/b16-9-,23-20?. The van der Waals surface area contributed by atoms with Crippen molar-refractivity contribution < 1.29 is 19.4 Å². The Balaban J connectivity index is 2.01. The lowest BCUT2D eigenvalue weighted by Crippen LogP contribution is -2.28. The third-order valence-corrected chi connectivity index (χ3v) is 5.54. The first kappa shape index (κ1) is 21.2. The molecule has 0 atom stereocenters. The predicted molar refractivity (Wildman–Crippen MR) is 114 cm³/mol. The van der Waals surface area contributed by atoms with Gasteiger partial charge in [-0.25, -0.2) is 4.99 Å². The Morgan fingerprint density at radius 2 is 2.07 bits per heavy atom. The van der Waals surface area contributed by atoms with Crippen LogP contribution in [0.5, 0.6) is 5.75 Å². The van der Waals surface area contributed by atoms with Crippen molar-refractivity contribution in [2.24, 2.45) is 4.99 Å². The summed E-state index contributed by atoms with van der Waals surface area (Å²) in [6, 6.07) is 9.25. The van der Waals surface area contributed by atoms with Crippen molar-refractivity contribution in [1.29, 1.82) is 0 Å². The highest BCUT2D eigenvalue weighted by Gasteiger charge is 2.32. The number of carboxylic acids is 1. The first-order valence-corrected chi connectivity index (χ1v) is 10.1. The van der Waals surface area contributed by atoms with E-state index in [2.05, 4.69) is 4.99 Å².